The molecule has 0 aromatic carbocycles. The fraction of sp³-hybridized carbons (Fsp3) is 0.857. The molecule has 2 unspecified atom stereocenters. The van der Waals surface area contributed by atoms with E-state index in [1.165, 1.54) is 12.8 Å². The normalized spacial score (nSPS) is 31.2. The lowest BCUT2D eigenvalue weighted by Crippen LogP contribution is -1.81. The van der Waals surface area contributed by atoms with Gasteiger partial charge in [0, 0.05) is 0 Å². The maximum atomic E-state index is 9.71. The molecular weight excluding hydrogens is 114 g/mol. The maximum absolute atomic E-state index is 9.71. The monoisotopic (exact) mass is 125 g/mol. The molecule has 2 nitrogen and oxygen atoms in total. The molecule has 1 fully saturated rings. The predicted octanol–water partition coefficient (Wildman–Crippen LogP) is 1.51. The van der Waals surface area contributed by atoms with Crippen LogP contribution in [0.15, 0.2) is 4.99 Å². The van der Waals surface area contributed by atoms with Gasteiger partial charge in [0.15, 0.2) is 0 Å². The molecule has 0 amide bonds. The number of aliphatic imine (C=N–C) groups is 1. The zero-order valence-corrected chi connectivity index (χ0v) is 5.63. The molecule has 1 saturated carbocycles. The highest BCUT2D eigenvalue weighted by molar-refractivity contribution is 5.34. The fourth-order valence-corrected chi connectivity index (χ4v) is 1.14. The van der Waals surface area contributed by atoms with E-state index in [4.69, 9.17) is 0 Å². The third-order valence-corrected chi connectivity index (χ3v) is 1.76. The molecule has 1 rings (SSSR count). The average molecular weight is 125 g/mol. The summed E-state index contributed by atoms with van der Waals surface area (Å²) in [7, 11) is 0. The molecule has 9 heavy (non-hydrogen) atoms. The summed E-state index contributed by atoms with van der Waals surface area (Å²) in [5.41, 5.74) is 0. The number of hydrogen-bond donors (Lipinski definition) is 0. The van der Waals surface area contributed by atoms with Crippen LogP contribution in [0.4, 0.5) is 0 Å². The Bertz CT molecular complexity index is 138. The minimum atomic E-state index is 0.336. The fourth-order valence-electron chi connectivity index (χ4n) is 1.14. The van der Waals surface area contributed by atoms with Crippen LogP contribution in [0.3, 0.4) is 0 Å². The molecule has 0 N–H and O–H groups in total. The van der Waals surface area contributed by atoms with Crippen LogP contribution in [0.25, 0.3) is 0 Å². The first-order valence-electron chi connectivity index (χ1n) is 3.45. The molecule has 0 heterocycles. The highest BCUT2D eigenvalue weighted by Gasteiger charge is 2.35. The van der Waals surface area contributed by atoms with Crippen LogP contribution in [0.1, 0.15) is 26.2 Å². The van der Waals surface area contributed by atoms with Crippen molar-refractivity contribution in [1.29, 1.82) is 0 Å². The average Bonchev–Trinajstić information content (AvgIpc) is 2.50. The van der Waals surface area contributed by atoms with E-state index < -0.39 is 0 Å². The predicted molar refractivity (Wildman–Crippen MR) is 34.9 cm³/mol. The second-order valence-corrected chi connectivity index (χ2v) is 2.57. The summed E-state index contributed by atoms with van der Waals surface area (Å²) in [5, 5.41) is 0. The van der Waals surface area contributed by atoms with E-state index in [1.54, 1.807) is 6.08 Å². The Balaban J connectivity index is 2.16. The first kappa shape index (κ1) is 6.50. The van der Waals surface area contributed by atoms with Gasteiger partial charge < -0.3 is 0 Å². The minimum absolute atomic E-state index is 0.336. The summed E-state index contributed by atoms with van der Waals surface area (Å²) in [6, 6.07) is 0.336. The Morgan fingerprint density at radius 3 is 3.11 bits per heavy atom. The van der Waals surface area contributed by atoms with Crippen molar-refractivity contribution in [3.05, 3.63) is 0 Å². The van der Waals surface area contributed by atoms with Gasteiger partial charge in [-0.2, -0.15) is 0 Å². The van der Waals surface area contributed by atoms with Crippen LogP contribution in [-0.4, -0.2) is 12.1 Å². The van der Waals surface area contributed by atoms with Gasteiger partial charge in [-0.3, -0.25) is 0 Å². The number of nitrogens with zero attached hydrogens (tertiary/aromatic N) is 1. The lowest BCUT2D eigenvalue weighted by molar-refractivity contribution is 0.561. The summed E-state index contributed by atoms with van der Waals surface area (Å²) in [4.78, 5) is 13.3. The van der Waals surface area contributed by atoms with Gasteiger partial charge in [0.05, 0.1) is 6.04 Å². The van der Waals surface area contributed by atoms with Crippen LogP contribution in [0.2, 0.25) is 0 Å². The third kappa shape index (κ3) is 1.65. The van der Waals surface area contributed by atoms with E-state index in [2.05, 4.69) is 11.9 Å². The molecule has 1 aliphatic carbocycles. The summed E-state index contributed by atoms with van der Waals surface area (Å²) in [6.07, 6.45) is 5.13. The highest BCUT2D eigenvalue weighted by Crippen LogP contribution is 2.37. The van der Waals surface area contributed by atoms with Gasteiger partial charge in [0.25, 0.3) is 0 Å². The molecule has 0 aromatic heterocycles. The Kier molecular flexibility index (Phi) is 2.01. The maximum Gasteiger partial charge on any atom is 0.235 e. The SMILES string of the molecule is CCCC1CC1N=C=O. The smallest absolute Gasteiger partial charge is 0.211 e. The van der Waals surface area contributed by atoms with Crippen LogP contribution in [0, 0.1) is 5.92 Å². The molecule has 2 atom stereocenters. The van der Waals surface area contributed by atoms with E-state index >= 15 is 0 Å². The van der Waals surface area contributed by atoms with E-state index in [-0.39, 0.29) is 0 Å². The van der Waals surface area contributed by atoms with E-state index in [0.29, 0.717) is 12.0 Å². The topological polar surface area (TPSA) is 29.4 Å². The Labute approximate surface area is 55.0 Å². The second-order valence-electron chi connectivity index (χ2n) is 2.57. The molecule has 0 saturated heterocycles. The lowest BCUT2D eigenvalue weighted by atomic mass is 10.2. The molecular formula is C7H11NO. The van der Waals surface area contributed by atoms with Gasteiger partial charge >= 0.3 is 0 Å². The Morgan fingerprint density at radius 1 is 1.78 bits per heavy atom. The second kappa shape index (κ2) is 2.79. The van der Waals surface area contributed by atoms with Crippen LogP contribution in [-0.2, 0) is 4.79 Å². The largest absolute Gasteiger partial charge is 0.235 e. The Hall–Kier alpha value is -0.620. The van der Waals surface area contributed by atoms with Gasteiger partial charge in [-0.15, -0.1) is 0 Å². The van der Waals surface area contributed by atoms with Crippen molar-refractivity contribution in [2.24, 2.45) is 10.9 Å². The summed E-state index contributed by atoms with van der Waals surface area (Å²) < 4.78 is 0. The number of carbonyl (C=O) groups excluding carboxylic acids is 1. The lowest BCUT2D eigenvalue weighted by Gasteiger charge is -1.86. The zero-order valence-electron chi connectivity index (χ0n) is 5.63. The van der Waals surface area contributed by atoms with Crippen molar-refractivity contribution in [1.82, 2.24) is 0 Å². The van der Waals surface area contributed by atoms with Gasteiger partial charge in [0.1, 0.15) is 0 Å². The third-order valence-electron chi connectivity index (χ3n) is 1.76. The van der Waals surface area contributed by atoms with Crippen molar-refractivity contribution >= 4 is 6.08 Å². The van der Waals surface area contributed by atoms with Gasteiger partial charge in [-0.25, -0.2) is 9.79 Å². The van der Waals surface area contributed by atoms with Crippen molar-refractivity contribution in [3.8, 4) is 0 Å². The molecule has 0 radical (unpaired) electrons. The van der Waals surface area contributed by atoms with Gasteiger partial charge in [-0.05, 0) is 18.8 Å². The van der Waals surface area contributed by atoms with Crippen molar-refractivity contribution in [2.45, 2.75) is 32.2 Å². The number of isocyanates is 1. The number of hydrogen-bond acceptors (Lipinski definition) is 2. The molecule has 1 aliphatic rings. The molecule has 0 bridgehead atoms. The molecule has 0 spiro atoms. The zero-order chi connectivity index (χ0) is 6.69. The van der Waals surface area contributed by atoms with Crippen molar-refractivity contribution < 1.29 is 4.79 Å². The van der Waals surface area contributed by atoms with Crippen LogP contribution < -0.4 is 0 Å². The quantitative estimate of drug-likeness (QED) is 0.415. The van der Waals surface area contributed by atoms with E-state index in [1.807, 2.05) is 0 Å². The first-order chi connectivity index (χ1) is 4.38. The molecule has 50 valence electrons. The summed E-state index contributed by atoms with van der Waals surface area (Å²) in [6.45, 7) is 2.15. The summed E-state index contributed by atoms with van der Waals surface area (Å²) in [5.74, 6) is 0.705. The van der Waals surface area contributed by atoms with Crippen LogP contribution >= 0.6 is 0 Å². The van der Waals surface area contributed by atoms with Gasteiger partial charge in [-0.1, -0.05) is 13.3 Å². The first-order valence-corrected chi connectivity index (χ1v) is 3.45. The van der Waals surface area contributed by atoms with E-state index in [0.717, 1.165) is 6.42 Å². The molecule has 0 aliphatic heterocycles. The van der Waals surface area contributed by atoms with Gasteiger partial charge in [0.2, 0.25) is 6.08 Å². The summed E-state index contributed by atoms with van der Waals surface area (Å²) >= 11 is 0. The molecule has 2 heteroatoms. The van der Waals surface area contributed by atoms with Crippen molar-refractivity contribution in [3.63, 3.8) is 0 Å². The molecule has 0 aromatic rings. The standard InChI is InChI=1S/C7H11NO/c1-2-3-6-4-7(6)8-5-9/h6-7H,2-4H2,1H3. The highest BCUT2D eigenvalue weighted by atomic mass is 16.1. The number of rotatable bonds is 3. The van der Waals surface area contributed by atoms with Crippen molar-refractivity contribution in [2.75, 3.05) is 0 Å². The Morgan fingerprint density at radius 2 is 2.56 bits per heavy atom. The van der Waals surface area contributed by atoms with Crippen LogP contribution in [0.5, 0.6) is 0 Å². The minimum Gasteiger partial charge on any atom is -0.211 e. The van der Waals surface area contributed by atoms with E-state index in [9.17, 15) is 4.79 Å².